The number of benzene rings is 2. The fourth-order valence-corrected chi connectivity index (χ4v) is 3.44. The van der Waals surface area contributed by atoms with Crippen molar-refractivity contribution in [2.75, 3.05) is 17.4 Å². The molecule has 0 spiro atoms. The molecule has 1 aliphatic carbocycles. The number of anilines is 2. The second-order valence-corrected chi connectivity index (χ2v) is 6.57. The Hall–Kier alpha value is -2.69. The molecule has 2 N–H and O–H groups in total. The van der Waals surface area contributed by atoms with Gasteiger partial charge >= 0.3 is 0 Å². The Morgan fingerprint density at radius 2 is 1.92 bits per heavy atom. The van der Waals surface area contributed by atoms with Crippen LogP contribution in [0.2, 0.25) is 0 Å². The van der Waals surface area contributed by atoms with Gasteiger partial charge in [0.2, 0.25) is 12.7 Å². The topological polar surface area (TPSA) is 59.6 Å². The lowest BCUT2D eigenvalue weighted by Crippen LogP contribution is -2.32. The van der Waals surface area contributed by atoms with Gasteiger partial charge in [0.25, 0.3) is 0 Å². The number of hydrogen-bond acceptors (Lipinski definition) is 4. The molecule has 0 saturated carbocycles. The van der Waals surface area contributed by atoms with E-state index in [0.29, 0.717) is 17.2 Å². The highest BCUT2D eigenvalue weighted by Crippen LogP contribution is 2.34. The average Bonchev–Trinajstić information content (AvgIpc) is 3.10. The number of fused-ring (bicyclic) bond motifs is 2. The van der Waals surface area contributed by atoms with E-state index in [0.717, 1.165) is 18.5 Å². The summed E-state index contributed by atoms with van der Waals surface area (Å²) in [6, 6.07) is 11.4. The van der Waals surface area contributed by atoms with Crippen LogP contribution in [-0.4, -0.2) is 18.7 Å². The molecule has 0 radical (unpaired) electrons. The molecule has 0 fully saturated rings. The van der Waals surface area contributed by atoms with Gasteiger partial charge in [-0.25, -0.2) is 0 Å². The Morgan fingerprint density at radius 1 is 1.08 bits per heavy atom. The monoisotopic (exact) mass is 338 g/mol. The fraction of sp³-hybridized carbons (Fsp3) is 0.350. The number of nitrogens with one attached hydrogen (secondary N) is 2. The largest absolute Gasteiger partial charge is 0.454 e. The third kappa shape index (κ3) is 3.27. The van der Waals surface area contributed by atoms with Crippen LogP contribution in [0.1, 0.15) is 30.9 Å². The Bertz CT molecular complexity index is 804. The smallest absolute Gasteiger partial charge is 0.246 e. The third-order valence-corrected chi connectivity index (χ3v) is 4.80. The zero-order chi connectivity index (χ0) is 17.2. The quantitative estimate of drug-likeness (QED) is 0.892. The first-order valence-electron chi connectivity index (χ1n) is 8.78. The predicted molar refractivity (Wildman–Crippen MR) is 97.4 cm³/mol. The lowest BCUT2D eigenvalue weighted by Gasteiger charge is -2.22. The maximum Gasteiger partial charge on any atom is 0.246 e. The molecule has 5 heteroatoms. The molecule has 2 aromatic carbocycles. The van der Waals surface area contributed by atoms with Gasteiger partial charge in [0.1, 0.15) is 6.04 Å². The van der Waals surface area contributed by atoms with Crippen LogP contribution >= 0.6 is 0 Å². The summed E-state index contributed by atoms with van der Waals surface area (Å²) in [4.78, 5) is 12.5. The number of amides is 1. The van der Waals surface area contributed by atoms with Crippen LogP contribution in [0.15, 0.2) is 36.4 Å². The van der Waals surface area contributed by atoms with Crippen LogP contribution in [-0.2, 0) is 17.6 Å². The summed E-state index contributed by atoms with van der Waals surface area (Å²) >= 11 is 0. The summed E-state index contributed by atoms with van der Waals surface area (Å²) in [6.45, 7) is 2.11. The van der Waals surface area contributed by atoms with E-state index in [4.69, 9.17) is 9.47 Å². The number of rotatable bonds is 4. The van der Waals surface area contributed by atoms with E-state index in [1.807, 2.05) is 19.1 Å². The molecule has 25 heavy (non-hydrogen) atoms. The van der Waals surface area contributed by atoms with Gasteiger partial charge in [0, 0.05) is 17.4 Å². The van der Waals surface area contributed by atoms with Crippen molar-refractivity contribution in [1.82, 2.24) is 0 Å². The maximum absolute atomic E-state index is 12.5. The van der Waals surface area contributed by atoms with Crippen molar-refractivity contribution < 1.29 is 14.3 Å². The highest BCUT2D eigenvalue weighted by Gasteiger charge is 2.19. The molecule has 5 nitrogen and oxygen atoms in total. The molecule has 2 aliphatic rings. The molecule has 0 saturated heterocycles. The molecule has 1 atom stereocenters. The van der Waals surface area contributed by atoms with Gasteiger partial charge in [-0.15, -0.1) is 0 Å². The Morgan fingerprint density at radius 3 is 2.84 bits per heavy atom. The second kappa shape index (κ2) is 6.67. The molecule has 1 aliphatic heterocycles. The minimum atomic E-state index is -0.334. The van der Waals surface area contributed by atoms with E-state index in [-0.39, 0.29) is 18.7 Å². The summed E-state index contributed by atoms with van der Waals surface area (Å²) < 4.78 is 10.6. The van der Waals surface area contributed by atoms with Crippen LogP contribution in [0.5, 0.6) is 11.5 Å². The van der Waals surface area contributed by atoms with E-state index in [2.05, 4.69) is 28.8 Å². The van der Waals surface area contributed by atoms with Crippen molar-refractivity contribution >= 4 is 17.3 Å². The molecule has 0 aromatic heterocycles. The Balaban J connectivity index is 1.44. The molecule has 4 rings (SSSR count). The molecular formula is C20H22N2O3. The normalized spacial score (nSPS) is 16.0. The van der Waals surface area contributed by atoms with Crippen LogP contribution in [0, 0.1) is 0 Å². The van der Waals surface area contributed by atoms with Gasteiger partial charge in [-0.1, -0.05) is 12.1 Å². The molecule has 1 unspecified atom stereocenters. The molecular weight excluding hydrogens is 316 g/mol. The number of hydrogen-bond donors (Lipinski definition) is 2. The SMILES string of the molecule is CC(Nc1cccc2c1CCCC2)C(=O)Nc1ccc2c(c1)OCO2. The maximum atomic E-state index is 12.5. The molecule has 130 valence electrons. The number of aryl methyl sites for hydroxylation is 1. The van der Waals surface area contributed by atoms with Crippen molar-refractivity contribution in [3.63, 3.8) is 0 Å². The van der Waals surface area contributed by atoms with Crippen molar-refractivity contribution in [3.8, 4) is 11.5 Å². The number of carbonyl (C=O) groups is 1. The minimum absolute atomic E-state index is 0.0766. The Kier molecular flexibility index (Phi) is 4.22. The van der Waals surface area contributed by atoms with Crippen molar-refractivity contribution in [1.29, 1.82) is 0 Å². The van der Waals surface area contributed by atoms with Crippen LogP contribution < -0.4 is 20.1 Å². The van der Waals surface area contributed by atoms with Crippen molar-refractivity contribution in [2.24, 2.45) is 0 Å². The minimum Gasteiger partial charge on any atom is -0.454 e. The molecule has 2 aromatic rings. The van der Waals surface area contributed by atoms with Gasteiger partial charge in [0.05, 0.1) is 0 Å². The summed E-state index contributed by atoms with van der Waals surface area (Å²) in [5.41, 5.74) is 4.54. The van der Waals surface area contributed by atoms with Crippen LogP contribution in [0.25, 0.3) is 0 Å². The fourth-order valence-electron chi connectivity index (χ4n) is 3.44. The molecule has 0 bridgehead atoms. The average molecular weight is 338 g/mol. The van der Waals surface area contributed by atoms with Gasteiger partial charge in [0.15, 0.2) is 11.5 Å². The number of ether oxygens (including phenoxy) is 2. The van der Waals surface area contributed by atoms with Gasteiger partial charge in [-0.2, -0.15) is 0 Å². The van der Waals surface area contributed by atoms with Gasteiger partial charge < -0.3 is 20.1 Å². The first-order valence-corrected chi connectivity index (χ1v) is 8.78. The zero-order valence-corrected chi connectivity index (χ0v) is 14.3. The van der Waals surface area contributed by atoms with Crippen LogP contribution in [0.3, 0.4) is 0 Å². The number of carbonyl (C=O) groups excluding carboxylic acids is 1. The van der Waals surface area contributed by atoms with Gasteiger partial charge in [-0.05, 0) is 61.9 Å². The highest BCUT2D eigenvalue weighted by molar-refractivity contribution is 5.96. The zero-order valence-electron chi connectivity index (χ0n) is 14.3. The standard InChI is InChI=1S/C20H22N2O3/c1-13(21-17-8-4-6-14-5-2-3-7-16(14)17)20(23)22-15-9-10-18-19(11-15)25-12-24-18/h4,6,8-11,13,21H,2-3,5,7,12H2,1H3,(H,22,23). The first-order chi connectivity index (χ1) is 12.2. The van der Waals surface area contributed by atoms with E-state index in [9.17, 15) is 4.79 Å². The lowest BCUT2D eigenvalue weighted by molar-refractivity contribution is -0.116. The van der Waals surface area contributed by atoms with Gasteiger partial charge in [-0.3, -0.25) is 4.79 Å². The van der Waals surface area contributed by atoms with E-state index < -0.39 is 0 Å². The Labute approximate surface area is 147 Å². The lowest BCUT2D eigenvalue weighted by atomic mass is 9.90. The van der Waals surface area contributed by atoms with Crippen LogP contribution in [0.4, 0.5) is 11.4 Å². The third-order valence-electron chi connectivity index (χ3n) is 4.80. The summed E-state index contributed by atoms with van der Waals surface area (Å²) in [5, 5.41) is 6.31. The van der Waals surface area contributed by atoms with Crippen molar-refractivity contribution in [3.05, 3.63) is 47.5 Å². The molecule has 1 amide bonds. The molecule has 1 heterocycles. The highest BCUT2D eigenvalue weighted by atomic mass is 16.7. The van der Waals surface area contributed by atoms with Crippen molar-refractivity contribution in [2.45, 2.75) is 38.6 Å². The predicted octanol–water partition coefficient (Wildman–Crippen LogP) is 3.73. The second-order valence-electron chi connectivity index (χ2n) is 6.57. The first kappa shape index (κ1) is 15.8. The van der Waals surface area contributed by atoms with E-state index in [1.165, 1.54) is 24.0 Å². The summed E-state index contributed by atoms with van der Waals surface area (Å²) in [6.07, 6.45) is 4.66. The summed E-state index contributed by atoms with van der Waals surface area (Å²) in [5.74, 6) is 1.29. The summed E-state index contributed by atoms with van der Waals surface area (Å²) in [7, 11) is 0. The van der Waals surface area contributed by atoms with E-state index in [1.54, 1.807) is 6.07 Å². The van der Waals surface area contributed by atoms with E-state index >= 15 is 0 Å².